The van der Waals surface area contributed by atoms with Crippen molar-refractivity contribution in [3.63, 3.8) is 0 Å². The number of nitrogens with zero attached hydrogens (tertiary/aromatic N) is 1. The summed E-state index contributed by atoms with van der Waals surface area (Å²) >= 11 is 0. The van der Waals surface area contributed by atoms with Gasteiger partial charge in [-0.15, -0.1) is 0 Å². The Balaban J connectivity index is 1.28. The van der Waals surface area contributed by atoms with Gasteiger partial charge in [-0.1, -0.05) is 59.1 Å². The molecule has 0 aromatic rings. The summed E-state index contributed by atoms with van der Waals surface area (Å²) in [6, 6.07) is 0. The molecule has 9 unspecified atom stereocenters. The minimum absolute atomic E-state index is 0.0343. The number of amides is 1. The summed E-state index contributed by atoms with van der Waals surface area (Å²) in [5, 5.41) is 34.9. The number of fused-ring (bicyclic) bond motifs is 7. The fourth-order valence-electron chi connectivity index (χ4n) is 12.2. The van der Waals surface area contributed by atoms with E-state index in [1.54, 1.807) is 5.57 Å². The van der Waals surface area contributed by atoms with Gasteiger partial charge in [0.2, 0.25) is 5.91 Å². The molecule has 45 heavy (non-hydrogen) atoms. The molecule has 6 heteroatoms. The van der Waals surface area contributed by atoms with E-state index in [-0.39, 0.29) is 34.5 Å². The third-order valence-corrected chi connectivity index (χ3v) is 14.9. The zero-order valence-electron chi connectivity index (χ0n) is 29.8. The minimum atomic E-state index is -1.36. The second-order valence-electron chi connectivity index (χ2n) is 17.1. The van der Waals surface area contributed by atoms with Crippen molar-refractivity contribution in [3.8, 4) is 0 Å². The highest BCUT2D eigenvalue weighted by Crippen LogP contribution is 2.71. The largest absolute Gasteiger partial charge is 0.390 e. The van der Waals surface area contributed by atoms with E-state index < -0.39 is 11.9 Å². The number of aliphatic hydroxyl groups is 3. The lowest BCUT2D eigenvalue weighted by atomic mass is 9.37. The van der Waals surface area contributed by atoms with Gasteiger partial charge in [0, 0.05) is 13.0 Å². The topological polar surface area (TPSA) is 93.0 Å². The first-order chi connectivity index (χ1) is 21.3. The van der Waals surface area contributed by atoms with Crippen LogP contribution in [0, 0.1) is 51.8 Å². The highest BCUT2D eigenvalue weighted by Gasteiger charge is 2.66. The second-order valence-corrected chi connectivity index (χ2v) is 17.1. The van der Waals surface area contributed by atoms with Crippen LogP contribution in [0.3, 0.4) is 0 Å². The number of unbranched alkanes of at least 4 members (excludes halogenated alkanes) is 3. The molecule has 1 amide bonds. The van der Waals surface area contributed by atoms with Crippen molar-refractivity contribution in [2.45, 2.75) is 150 Å². The summed E-state index contributed by atoms with van der Waals surface area (Å²) in [5.41, 5.74) is 0.709. The highest BCUT2D eigenvalue weighted by molar-refractivity contribution is 5.84. The molecule has 0 spiro atoms. The maximum absolute atomic E-state index is 14.2. The molecule has 4 N–H and O–H groups in total. The predicted molar refractivity (Wildman–Crippen MR) is 182 cm³/mol. The molecular weight excluding hydrogens is 560 g/mol. The lowest BCUT2D eigenvalue weighted by molar-refractivity contribution is -0.216. The monoisotopic (exact) mass is 629 g/mol. The number of aliphatic hydroxyl groups excluding tert-OH is 1. The van der Waals surface area contributed by atoms with Crippen LogP contribution in [0.25, 0.3) is 0 Å². The van der Waals surface area contributed by atoms with Crippen molar-refractivity contribution in [2.24, 2.45) is 51.8 Å². The van der Waals surface area contributed by atoms with Gasteiger partial charge in [0.15, 0.2) is 6.29 Å². The number of rotatable bonds is 12. The molecule has 5 rings (SSSR count). The quantitative estimate of drug-likeness (QED) is 0.105. The molecule has 258 valence electrons. The van der Waals surface area contributed by atoms with Crippen LogP contribution in [-0.4, -0.2) is 64.2 Å². The zero-order valence-corrected chi connectivity index (χ0v) is 29.8. The van der Waals surface area contributed by atoms with Gasteiger partial charge in [-0.3, -0.25) is 4.79 Å². The van der Waals surface area contributed by atoms with Crippen molar-refractivity contribution in [3.05, 3.63) is 11.6 Å². The van der Waals surface area contributed by atoms with Gasteiger partial charge >= 0.3 is 0 Å². The summed E-state index contributed by atoms with van der Waals surface area (Å²) in [4.78, 5) is 16.7. The summed E-state index contributed by atoms with van der Waals surface area (Å²) in [6.45, 7) is 18.1. The van der Waals surface area contributed by atoms with Gasteiger partial charge < -0.3 is 25.5 Å². The minimum Gasteiger partial charge on any atom is -0.390 e. The summed E-state index contributed by atoms with van der Waals surface area (Å²) in [6.07, 6.45) is 16.8. The first kappa shape index (κ1) is 35.4. The smallest absolute Gasteiger partial charge is 0.226 e. The standard InChI is InChI=1S/C39H68N2O4/c1-7-41(8-2)24-12-10-9-11-23-40-35(44)39-21-15-27(3)25-31(39)29-13-14-32-36(4,30(29)17-22-39)20-18-33-37(32,5)19-16-28(26-34(42)43)38(33,6)45/h13,27-28,30-34,42-43,45H,7-12,14-26H2,1-6H3,(H,40,44)/t27?,28?,30?,31?,32?,33?,36?,37?,38-,39?/m1/s1. The summed E-state index contributed by atoms with van der Waals surface area (Å²) in [5.74, 6) is 2.50. The van der Waals surface area contributed by atoms with Crippen molar-refractivity contribution in [1.82, 2.24) is 10.2 Å². The van der Waals surface area contributed by atoms with E-state index in [9.17, 15) is 20.1 Å². The summed E-state index contributed by atoms with van der Waals surface area (Å²) < 4.78 is 0. The fourth-order valence-corrected chi connectivity index (χ4v) is 12.2. The molecule has 0 bridgehead atoms. The Hall–Kier alpha value is -0.950. The van der Waals surface area contributed by atoms with Crippen molar-refractivity contribution in [1.29, 1.82) is 0 Å². The van der Waals surface area contributed by atoms with E-state index >= 15 is 0 Å². The molecule has 5 aliphatic rings. The maximum Gasteiger partial charge on any atom is 0.226 e. The van der Waals surface area contributed by atoms with Crippen molar-refractivity contribution in [2.75, 3.05) is 26.2 Å². The predicted octanol–water partition coefficient (Wildman–Crippen LogP) is 7.07. The Morgan fingerprint density at radius 3 is 2.31 bits per heavy atom. The SMILES string of the molecule is CCN(CC)CCCCCCNC(=O)C12CCC(C)CC1C1=CCC3C(C)(CCC4C3(C)CCC(CC(O)O)[C@@]4(C)O)C1CC2. The van der Waals surface area contributed by atoms with Crippen molar-refractivity contribution >= 4 is 5.91 Å². The number of hydrogen-bond donors (Lipinski definition) is 4. The average Bonchev–Trinajstić information content (AvgIpc) is 2.99. The van der Waals surface area contributed by atoms with Crippen LogP contribution in [0.15, 0.2) is 11.6 Å². The lowest BCUT2D eigenvalue weighted by Crippen LogP contribution is -2.64. The average molecular weight is 629 g/mol. The van der Waals surface area contributed by atoms with Crippen LogP contribution >= 0.6 is 0 Å². The maximum atomic E-state index is 14.2. The molecule has 0 heterocycles. The van der Waals surface area contributed by atoms with Gasteiger partial charge in [0.1, 0.15) is 0 Å². The molecular formula is C39H68N2O4. The van der Waals surface area contributed by atoms with E-state index in [0.717, 1.165) is 90.3 Å². The highest BCUT2D eigenvalue weighted by atomic mass is 16.5. The van der Waals surface area contributed by atoms with E-state index in [0.29, 0.717) is 29.6 Å². The Morgan fingerprint density at radius 1 is 0.911 bits per heavy atom. The van der Waals surface area contributed by atoms with Crippen LogP contribution in [0.4, 0.5) is 0 Å². The number of hydrogen-bond acceptors (Lipinski definition) is 5. The zero-order chi connectivity index (χ0) is 32.6. The van der Waals surface area contributed by atoms with Gasteiger partial charge in [0.25, 0.3) is 0 Å². The molecule has 0 radical (unpaired) electrons. The number of nitrogens with one attached hydrogen (secondary N) is 1. The van der Waals surface area contributed by atoms with E-state index in [1.807, 2.05) is 6.92 Å². The number of allylic oxidation sites excluding steroid dienone is 2. The van der Waals surface area contributed by atoms with Crippen LogP contribution < -0.4 is 5.32 Å². The Kier molecular flexibility index (Phi) is 10.9. The van der Waals surface area contributed by atoms with Crippen LogP contribution in [-0.2, 0) is 4.79 Å². The van der Waals surface area contributed by atoms with Crippen LogP contribution in [0.1, 0.15) is 138 Å². The van der Waals surface area contributed by atoms with Gasteiger partial charge in [-0.2, -0.15) is 0 Å². The fraction of sp³-hybridized carbons (Fsp3) is 0.923. The van der Waals surface area contributed by atoms with Gasteiger partial charge in [-0.25, -0.2) is 0 Å². The van der Waals surface area contributed by atoms with Crippen LogP contribution in [0.2, 0.25) is 0 Å². The molecule has 4 fully saturated rings. The van der Waals surface area contributed by atoms with Crippen molar-refractivity contribution < 1.29 is 20.1 Å². The van der Waals surface area contributed by atoms with Gasteiger partial charge in [-0.05, 0) is 150 Å². The molecule has 4 saturated carbocycles. The van der Waals surface area contributed by atoms with E-state index in [1.165, 1.54) is 25.8 Å². The molecule has 0 aromatic heterocycles. The van der Waals surface area contributed by atoms with Crippen LogP contribution in [0.5, 0.6) is 0 Å². The van der Waals surface area contributed by atoms with Gasteiger partial charge in [0.05, 0.1) is 11.0 Å². The molecule has 6 nitrogen and oxygen atoms in total. The molecule has 0 saturated heterocycles. The second kappa shape index (κ2) is 13.9. The Bertz CT molecular complexity index is 1050. The first-order valence-corrected chi connectivity index (χ1v) is 19.1. The Morgan fingerprint density at radius 2 is 1.60 bits per heavy atom. The third kappa shape index (κ3) is 6.45. The molecule has 0 aromatic carbocycles. The normalized spacial score (nSPS) is 42.8. The van der Waals surface area contributed by atoms with E-state index in [4.69, 9.17) is 0 Å². The third-order valence-electron chi connectivity index (χ3n) is 14.9. The molecule has 0 aliphatic heterocycles. The molecule has 10 atom stereocenters. The Labute approximate surface area is 275 Å². The first-order valence-electron chi connectivity index (χ1n) is 19.1. The lowest BCUT2D eigenvalue weighted by Gasteiger charge is -2.68. The number of carbonyl (C=O) groups is 1. The molecule has 5 aliphatic carbocycles. The number of carbonyl (C=O) groups excluding carboxylic acids is 1. The summed E-state index contributed by atoms with van der Waals surface area (Å²) in [7, 11) is 0. The van der Waals surface area contributed by atoms with E-state index in [2.05, 4.69) is 50.9 Å².